The summed E-state index contributed by atoms with van der Waals surface area (Å²) in [5.41, 5.74) is 4.97. The number of nitrogens with zero attached hydrogens (tertiary/aromatic N) is 1. The Morgan fingerprint density at radius 3 is 2.23 bits per heavy atom. The molecule has 2 aromatic rings. The Balaban J connectivity index is 2.44. The molecule has 0 fully saturated rings. The minimum atomic E-state index is -3.73. The Morgan fingerprint density at radius 1 is 1.07 bits per heavy atom. The quantitative estimate of drug-likeness (QED) is 0.367. The van der Waals surface area contributed by atoms with Gasteiger partial charge in [-0.05, 0) is 61.4 Å². The van der Waals surface area contributed by atoms with Crippen molar-refractivity contribution in [1.82, 2.24) is 4.98 Å². The Bertz CT molecular complexity index is 899. The maximum Gasteiger partial charge on any atom is 0.403 e. The van der Waals surface area contributed by atoms with E-state index in [1.54, 1.807) is 19.2 Å². The van der Waals surface area contributed by atoms with Crippen LogP contribution in [-0.2, 0) is 9.19 Å². The zero-order valence-electron chi connectivity index (χ0n) is 19.0. The fraction of sp³-hybridized carbons (Fsp3) is 0.500. The number of benzene rings is 1. The van der Waals surface area contributed by atoms with Crippen molar-refractivity contribution in [2.24, 2.45) is 11.8 Å². The number of aromatic nitrogens is 1. The number of rotatable bonds is 9. The van der Waals surface area contributed by atoms with Crippen LogP contribution in [0, 0.1) is 32.6 Å². The topological polar surface area (TPSA) is 89.9 Å². The minimum absolute atomic E-state index is 0.0251. The van der Waals surface area contributed by atoms with Crippen LogP contribution in [0.1, 0.15) is 44.4 Å². The van der Waals surface area contributed by atoms with E-state index < -0.39 is 7.60 Å². The van der Waals surface area contributed by atoms with Gasteiger partial charge >= 0.3 is 7.60 Å². The molecule has 2 N–H and O–H groups in total. The third-order valence-corrected chi connectivity index (χ3v) is 7.87. The molecule has 166 valence electrons. The number of nitrogens with one attached hydrogen (secondary N) is 1. The van der Waals surface area contributed by atoms with Crippen molar-refractivity contribution in [2.75, 3.05) is 12.6 Å². The van der Waals surface area contributed by atoms with Crippen LogP contribution in [0.3, 0.4) is 0 Å². The number of aromatic hydroxyl groups is 1. The third kappa shape index (κ3) is 5.27. The molecule has 1 aromatic heterocycles. The lowest BCUT2D eigenvalue weighted by Crippen LogP contribution is -2.27. The van der Waals surface area contributed by atoms with E-state index in [9.17, 15) is 9.67 Å². The summed E-state index contributed by atoms with van der Waals surface area (Å²) in [6.45, 7) is 13.6. The molecule has 0 aliphatic carbocycles. The molecule has 7 nitrogen and oxygen atoms in total. The molecule has 1 atom stereocenters. The van der Waals surface area contributed by atoms with Crippen LogP contribution in [-0.4, -0.2) is 22.9 Å². The van der Waals surface area contributed by atoms with Crippen molar-refractivity contribution in [3.05, 3.63) is 41.1 Å². The van der Waals surface area contributed by atoms with Gasteiger partial charge in [0.05, 0.1) is 12.8 Å². The highest BCUT2D eigenvalue weighted by molar-refractivity contribution is 7.55. The van der Waals surface area contributed by atoms with Gasteiger partial charge in [0.25, 0.3) is 0 Å². The highest BCUT2D eigenvalue weighted by Gasteiger charge is 2.43. The molecule has 1 aromatic carbocycles. The Morgan fingerprint density at radius 2 is 1.70 bits per heavy atom. The molecule has 0 saturated carbocycles. The van der Waals surface area contributed by atoms with E-state index >= 15 is 0 Å². The summed E-state index contributed by atoms with van der Waals surface area (Å²) in [5, 5.41) is 10.2. The van der Waals surface area contributed by atoms with Gasteiger partial charge in [0.15, 0.2) is 17.3 Å². The maximum absolute atomic E-state index is 14.1. The number of hydrogen-bond acceptors (Lipinski definition) is 7. The summed E-state index contributed by atoms with van der Waals surface area (Å²) in [5.74, 6) is 1.04. The van der Waals surface area contributed by atoms with Crippen molar-refractivity contribution < 1.29 is 23.6 Å². The van der Waals surface area contributed by atoms with Crippen LogP contribution in [0.4, 0.5) is 5.82 Å². The van der Waals surface area contributed by atoms with Crippen LogP contribution >= 0.6 is 7.60 Å². The number of phenolic OH excluding ortho intramolecular Hbond substituents is 1. The molecule has 0 aliphatic rings. The number of anilines is 1. The fourth-order valence-electron chi connectivity index (χ4n) is 3.67. The van der Waals surface area contributed by atoms with E-state index in [2.05, 4.69) is 10.5 Å². The van der Waals surface area contributed by atoms with Crippen molar-refractivity contribution in [1.29, 1.82) is 0 Å². The monoisotopic (exact) mass is 436 g/mol. The molecule has 0 bridgehead atoms. The Labute approximate surface area is 179 Å². The average molecular weight is 436 g/mol. The second kappa shape index (κ2) is 9.71. The standard InChI is InChI=1S/C22H33N2O5P/c1-13(2)21(14(3)4)30(26,29-24-22-17(7)15(5)9-10-23-22)28-18-11-16(6)20(27-8)19(25)12-18/h9-14,21,25H,1-8H3,(H,23,24). The van der Waals surface area contributed by atoms with Crippen LogP contribution in [0.25, 0.3) is 0 Å². The van der Waals surface area contributed by atoms with Gasteiger partial charge in [-0.2, -0.15) is 4.62 Å². The molecular weight excluding hydrogens is 403 g/mol. The molecule has 1 unspecified atom stereocenters. The predicted molar refractivity (Wildman–Crippen MR) is 120 cm³/mol. The number of aryl methyl sites for hydroxylation is 2. The lowest BCUT2D eigenvalue weighted by atomic mass is 10.00. The van der Waals surface area contributed by atoms with Gasteiger partial charge in [-0.3, -0.25) is 0 Å². The molecule has 0 radical (unpaired) electrons. The second-order valence-electron chi connectivity index (χ2n) is 8.20. The maximum atomic E-state index is 14.1. The number of pyridine rings is 1. The van der Waals surface area contributed by atoms with Crippen molar-refractivity contribution in [3.8, 4) is 17.2 Å². The van der Waals surface area contributed by atoms with E-state index in [-0.39, 0.29) is 29.0 Å². The molecule has 0 amide bonds. The third-order valence-electron chi connectivity index (χ3n) is 5.14. The number of ether oxygens (including phenoxy) is 1. The summed E-state index contributed by atoms with van der Waals surface area (Å²) < 4.78 is 31.0. The first-order chi connectivity index (χ1) is 14.0. The SMILES string of the molecule is COc1c(C)cc(OP(=O)(ONc2nccc(C)c2C)C(C(C)C)C(C)C)cc1O. The zero-order valence-corrected chi connectivity index (χ0v) is 19.9. The second-order valence-corrected chi connectivity index (χ2v) is 10.2. The van der Waals surface area contributed by atoms with E-state index in [0.717, 1.165) is 11.1 Å². The lowest BCUT2D eigenvalue weighted by Gasteiger charge is -2.32. The average Bonchev–Trinajstić information content (AvgIpc) is 2.62. The minimum Gasteiger partial charge on any atom is -0.504 e. The summed E-state index contributed by atoms with van der Waals surface area (Å²) in [4.78, 5) is 4.28. The summed E-state index contributed by atoms with van der Waals surface area (Å²) in [6.07, 6.45) is 1.66. The molecule has 8 heteroatoms. The van der Waals surface area contributed by atoms with E-state index in [4.69, 9.17) is 13.9 Å². The molecule has 0 saturated heterocycles. The Kier molecular flexibility index (Phi) is 7.78. The highest BCUT2D eigenvalue weighted by atomic mass is 31.2. The van der Waals surface area contributed by atoms with Gasteiger partial charge in [-0.1, -0.05) is 27.7 Å². The van der Waals surface area contributed by atoms with E-state index in [0.29, 0.717) is 17.1 Å². The highest BCUT2D eigenvalue weighted by Crippen LogP contribution is 2.58. The largest absolute Gasteiger partial charge is 0.504 e. The fourth-order valence-corrected chi connectivity index (χ4v) is 6.02. The summed E-state index contributed by atoms with van der Waals surface area (Å²) >= 11 is 0. The summed E-state index contributed by atoms with van der Waals surface area (Å²) in [6, 6.07) is 4.95. The molecular formula is C22H33N2O5P. The Hall–Kier alpha value is -2.24. The lowest BCUT2D eigenvalue weighted by molar-refractivity contribution is 0.278. The smallest absolute Gasteiger partial charge is 0.403 e. The van der Waals surface area contributed by atoms with Crippen LogP contribution in [0.2, 0.25) is 0 Å². The zero-order chi connectivity index (χ0) is 22.6. The number of methoxy groups -OCH3 is 1. The molecule has 30 heavy (non-hydrogen) atoms. The molecule has 2 rings (SSSR count). The first-order valence-electron chi connectivity index (χ1n) is 10.0. The summed E-state index contributed by atoms with van der Waals surface area (Å²) in [7, 11) is -2.25. The van der Waals surface area contributed by atoms with E-state index in [1.807, 2.05) is 47.6 Å². The van der Waals surface area contributed by atoms with Crippen molar-refractivity contribution >= 4 is 13.4 Å². The predicted octanol–water partition coefficient (Wildman–Crippen LogP) is 6.02. The van der Waals surface area contributed by atoms with E-state index in [1.165, 1.54) is 13.2 Å². The number of hydrogen-bond donors (Lipinski definition) is 2. The van der Waals surface area contributed by atoms with Gasteiger partial charge in [-0.15, -0.1) is 0 Å². The van der Waals surface area contributed by atoms with Gasteiger partial charge in [0, 0.05) is 12.3 Å². The van der Waals surface area contributed by atoms with Gasteiger partial charge in [-0.25, -0.2) is 15.0 Å². The molecule has 1 heterocycles. The van der Waals surface area contributed by atoms with Crippen LogP contribution < -0.4 is 14.7 Å². The number of phenols is 1. The molecule has 0 aliphatic heterocycles. The normalized spacial score (nSPS) is 13.6. The molecule has 0 spiro atoms. The van der Waals surface area contributed by atoms with Crippen LogP contribution in [0.5, 0.6) is 17.2 Å². The van der Waals surface area contributed by atoms with Gasteiger partial charge < -0.3 is 14.4 Å². The first-order valence-corrected chi connectivity index (χ1v) is 11.6. The van der Waals surface area contributed by atoms with Gasteiger partial charge in [0.2, 0.25) is 0 Å². The van der Waals surface area contributed by atoms with Crippen LogP contribution in [0.15, 0.2) is 24.4 Å². The first kappa shape index (κ1) is 24.0. The van der Waals surface area contributed by atoms with Gasteiger partial charge in [0.1, 0.15) is 5.75 Å². The van der Waals surface area contributed by atoms with Crippen molar-refractivity contribution in [3.63, 3.8) is 0 Å². The van der Waals surface area contributed by atoms with Crippen molar-refractivity contribution in [2.45, 2.75) is 54.1 Å².